The Kier molecular flexibility index (Phi) is 5.99. The Morgan fingerprint density at radius 2 is 1.86 bits per heavy atom. The SMILES string of the molecule is O=S(=O)(c1ccc(Br)cc1)N1CCC(Nc2ccc(C(F)(F)F)cn2)C(O)C1. The fourth-order valence-electron chi connectivity index (χ4n) is 2.88. The predicted molar refractivity (Wildman–Crippen MR) is 100 cm³/mol. The maximum atomic E-state index is 12.7. The highest BCUT2D eigenvalue weighted by Gasteiger charge is 2.35. The highest BCUT2D eigenvalue weighted by Crippen LogP contribution is 2.29. The molecule has 2 N–H and O–H groups in total. The third-order valence-electron chi connectivity index (χ3n) is 4.42. The van der Waals surface area contributed by atoms with E-state index in [1.165, 1.54) is 22.5 Å². The summed E-state index contributed by atoms with van der Waals surface area (Å²) in [4.78, 5) is 3.84. The normalized spacial score (nSPS) is 21.5. The molecule has 6 nitrogen and oxygen atoms in total. The summed E-state index contributed by atoms with van der Waals surface area (Å²) in [6.07, 6.45) is -4.53. The van der Waals surface area contributed by atoms with Crippen molar-refractivity contribution in [3.63, 3.8) is 0 Å². The summed E-state index contributed by atoms with van der Waals surface area (Å²) in [6.45, 7) is 0.0322. The first-order chi connectivity index (χ1) is 13.1. The molecule has 0 bridgehead atoms. The van der Waals surface area contributed by atoms with Crippen LogP contribution in [0.1, 0.15) is 12.0 Å². The summed E-state index contributed by atoms with van der Waals surface area (Å²) < 4.78 is 65.1. The van der Waals surface area contributed by atoms with Gasteiger partial charge in [-0.1, -0.05) is 15.9 Å². The van der Waals surface area contributed by atoms with Gasteiger partial charge in [0.15, 0.2) is 0 Å². The average molecular weight is 480 g/mol. The highest BCUT2D eigenvalue weighted by molar-refractivity contribution is 9.10. The molecule has 1 saturated heterocycles. The Balaban J connectivity index is 1.66. The number of rotatable bonds is 4. The topological polar surface area (TPSA) is 82.5 Å². The molecule has 11 heteroatoms. The van der Waals surface area contributed by atoms with E-state index in [0.717, 1.165) is 10.5 Å². The molecule has 2 unspecified atom stereocenters. The van der Waals surface area contributed by atoms with Gasteiger partial charge in [0.25, 0.3) is 0 Å². The zero-order valence-corrected chi connectivity index (χ0v) is 16.8. The molecule has 1 aromatic heterocycles. The van der Waals surface area contributed by atoms with Crippen LogP contribution in [-0.2, 0) is 16.2 Å². The van der Waals surface area contributed by atoms with E-state index in [-0.39, 0.29) is 30.2 Å². The minimum atomic E-state index is -4.47. The molecule has 0 radical (unpaired) electrons. The van der Waals surface area contributed by atoms with E-state index >= 15 is 0 Å². The van der Waals surface area contributed by atoms with E-state index < -0.39 is 33.9 Å². The summed E-state index contributed by atoms with van der Waals surface area (Å²) in [5.41, 5.74) is -0.867. The number of aliphatic hydroxyl groups is 1. The number of piperidine rings is 1. The fraction of sp³-hybridized carbons (Fsp3) is 0.353. The molecule has 0 aliphatic carbocycles. The summed E-state index contributed by atoms with van der Waals surface area (Å²) in [6, 6.07) is 7.74. The van der Waals surface area contributed by atoms with Crippen LogP contribution in [0.15, 0.2) is 52.0 Å². The number of hydrogen-bond donors (Lipinski definition) is 2. The maximum Gasteiger partial charge on any atom is 0.417 e. The van der Waals surface area contributed by atoms with Crippen molar-refractivity contribution in [1.82, 2.24) is 9.29 Å². The third kappa shape index (κ3) is 4.65. The standard InChI is InChI=1S/C17H17BrF3N3O3S/c18-12-2-4-13(5-3-12)28(26,27)24-8-7-14(15(25)10-24)23-16-6-1-11(9-22-16)17(19,20)21/h1-6,9,14-15,25H,7-8,10H2,(H,22,23). The Hall–Kier alpha value is -1.69. The lowest BCUT2D eigenvalue weighted by molar-refractivity contribution is -0.137. The number of aliphatic hydroxyl groups excluding tert-OH is 1. The molecule has 3 rings (SSSR count). The van der Waals surface area contributed by atoms with Crippen LogP contribution >= 0.6 is 15.9 Å². The minimum absolute atomic E-state index is 0.124. The fourth-order valence-corrected chi connectivity index (χ4v) is 4.62. The van der Waals surface area contributed by atoms with Crippen LogP contribution < -0.4 is 5.32 Å². The molecule has 2 atom stereocenters. The Bertz CT molecular complexity index is 921. The number of pyridine rings is 1. The lowest BCUT2D eigenvalue weighted by atomic mass is 10.0. The van der Waals surface area contributed by atoms with Crippen LogP contribution in [0.5, 0.6) is 0 Å². The molecular formula is C17H17BrF3N3O3S. The van der Waals surface area contributed by atoms with Gasteiger partial charge in [-0.3, -0.25) is 0 Å². The minimum Gasteiger partial charge on any atom is -0.390 e. The van der Waals surface area contributed by atoms with Crippen LogP contribution in [0.4, 0.5) is 19.0 Å². The second kappa shape index (κ2) is 7.97. The van der Waals surface area contributed by atoms with Gasteiger partial charge in [0.1, 0.15) is 5.82 Å². The van der Waals surface area contributed by atoms with Crippen LogP contribution in [0.3, 0.4) is 0 Å². The molecule has 1 fully saturated rings. The molecule has 2 aromatic rings. The molecular weight excluding hydrogens is 463 g/mol. The van der Waals surface area contributed by atoms with Crippen LogP contribution in [0.2, 0.25) is 0 Å². The van der Waals surface area contributed by atoms with E-state index in [4.69, 9.17) is 0 Å². The zero-order chi connectivity index (χ0) is 20.5. The van der Waals surface area contributed by atoms with Crippen molar-refractivity contribution in [2.24, 2.45) is 0 Å². The summed E-state index contributed by atoms with van der Waals surface area (Å²) in [5.74, 6) is 0.182. The van der Waals surface area contributed by atoms with E-state index in [9.17, 15) is 26.7 Å². The van der Waals surface area contributed by atoms with Gasteiger partial charge in [-0.25, -0.2) is 13.4 Å². The summed E-state index contributed by atoms with van der Waals surface area (Å²) in [7, 11) is -3.75. The van der Waals surface area contributed by atoms with E-state index in [1.54, 1.807) is 12.1 Å². The molecule has 28 heavy (non-hydrogen) atoms. The van der Waals surface area contributed by atoms with Gasteiger partial charge in [0.05, 0.1) is 22.6 Å². The van der Waals surface area contributed by atoms with Crippen LogP contribution in [-0.4, -0.2) is 48.0 Å². The molecule has 1 aliphatic rings. The van der Waals surface area contributed by atoms with Crippen molar-refractivity contribution in [3.8, 4) is 0 Å². The number of β-amino-alcohol motifs (C(OH)–C–C–N with tert-alkyl or cyclic N) is 1. The van der Waals surface area contributed by atoms with Crippen molar-refractivity contribution >= 4 is 31.8 Å². The Morgan fingerprint density at radius 3 is 2.39 bits per heavy atom. The predicted octanol–water partition coefficient (Wildman–Crippen LogP) is 3.10. The highest BCUT2D eigenvalue weighted by atomic mass is 79.9. The smallest absolute Gasteiger partial charge is 0.390 e. The van der Waals surface area contributed by atoms with Gasteiger partial charge in [-0.2, -0.15) is 17.5 Å². The van der Waals surface area contributed by atoms with Gasteiger partial charge in [-0.05, 0) is 42.8 Å². The Morgan fingerprint density at radius 1 is 1.18 bits per heavy atom. The first-order valence-corrected chi connectivity index (χ1v) is 10.5. The first kappa shape index (κ1) is 21.0. The largest absolute Gasteiger partial charge is 0.417 e. The number of hydrogen-bond acceptors (Lipinski definition) is 5. The number of sulfonamides is 1. The lowest BCUT2D eigenvalue weighted by Crippen LogP contribution is -2.51. The molecule has 0 saturated carbocycles. The van der Waals surface area contributed by atoms with Crippen molar-refractivity contribution in [2.75, 3.05) is 18.4 Å². The summed E-state index contributed by atoms with van der Waals surface area (Å²) in [5, 5.41) is 13.2. The van der Waals surface area contributed by atoms with Gasteiger partial charge in [0.2, 0.25) is 10.0 Å². The molecule has 1 aliphatic heterocycles. The van der Waals surface area contributed by atoms with Crippen molar-refractivity contribution < 1.29 is 26.7 Å². The van der Waals surface area contributed by atoms with E-state index in [2.05, 4.69) is 26.2 Å². The molecule has 1 aromatic carbocycles. The number of anilines is 1. The number of aromatic nitrogens is 1. The number of nitrogens with zero attached hydrogens (tertiary/aromatic N) is 2. The second-order valence-electron chi connectivity index (χ2n) is 6.35. The van der Waals surface area contributed by atoms with Crippen molar-refractivity contribution in [2.45, 2.75) is 29.6 Å². The van der Waals surface area contributed by atoms with Crippen molar-refractivity contribution in [1.29, 1.82) is 0 Å². The number of halogens is 4. The van der Waals surface area contributed by atoms with Gasteiger partial charge < -0.3 is 10.4 Å². The molecule has 2 heterocycles. The maximum absolute atomic E-state index is 12.7. The molecule has 0 spiro atoms. The van der Waals surface area contributed by atoms with Gasteiger partial charge in [-0.15, -0.1) is 0 Å². The van der Waals surface area contributed by atoms with Crippen LogP contribution in [0, 0.1) is 0 Å². The third-order valence-corrected chi connectivity index (χ3v) is 6.83. The molecule has 0 amide bonds. The number of alkyl halides is 3. The van der Waals surface area contributed by atoms with Crippen molar-refractivity contribution in [3.05, 3.63) is 52.6 Å². The quantitative estimate of drug-likeness (QED) is 0.703. The average Bonchev–Trinajstić information content (AvgIpc) is 2.63. The van der Waals surface area contributed by atoms with E-state index in [1.807, 2.05) is 0 Å². The monoisotopic (exact) mass is 479 g/mol. The first-order valence-electron chi connectivity index (χ1n) is 8.31. The number of benzene rings is 1. The summed E-state index contributed by atoms with van der Waals surface area (Å²) >= 11 is 3.25. The molecule has 152 valence electrons. The second-order valence-corrected chi connectivity index (χ2v) is 9.21. The lowest BCUT2D eigenvalue weighted by Gasteiger charge is -2.35. The van der Waals surface area contributed by atoms with Gasteiger partial charge in [0, 0.05) is 23.8 Å². The Labute approximate surface area is 168 Å². The zero-order valence-electron chi connectivity index (χ0n) is 14.4. The van der Waals surface area contributed by atoms with Crippen LogP contribution in [0.25, 0.3) is 0 Å². The van der Waals surface area contributed by atoms with E-state index in [0.29, 0.717) is 6.20 Å². The van der Waals surface area contributed by atoms with Gasteiger partial charge >= 0.3 is 6.18 Å². The number of nitrogens with one attached hydrogen (secondary N) is 1.